The summed E-state index contributed by atoms with van der Waals surface area (Å²) in [7, 11) is 0. The number of hydrogen-bond acceptors (Lipinski definition) is 4. The van der Waals surface area contributed by atoms with E-state index in [-0.39, 0.29) is 11.8 Å². The molecule has 154 valence electrons. The number of aryl methyl sites for hydroxylation is 1. The van der Waals surface area contributed by atoms with E-state index in [1.54, 1.807) is 6.20 Å². The molecule has 1 fully saturated rings. The molecule has 1 aliphatic heterocycles. The van der Waals surface area contributed by atoms with Gasteiger partial charge in [-0.05, 0) is 29.5 Å². The van der Waals surface area contributed by atoms with Crippen molar-refractivity contribution in [3.05, 3.63) is 72.1 Å². The van der Waals surface area contributed by atoms with E-state index in [2.05, 4.69) is 22.1 Å². The number of fused-ring (bicyclic) bond motifs is 1. The molecule has 4 rings (SSSR count). The minimum Gasteiger partial charge on any atom is -0.335 e. The molecule has 0 radical (unpaired) electrons. The van der Waals surface area contributed by atoms with Crippen LogP contribution in [0.2, 0.25) is 0 Å². The number of hydrogen-bond donors (Lipinski definition) is 1. The van der Waals surface area contributed by atoms with Crippen LogP contribution in [-0.2, 0) is 11.2 Å². The number of piperazine rings is 1. The Morgan fingerprint density at radius 2 is 1.70 bits per heavy atom. The van der Waals surface area contributed by atoms with Gasteiger partial charge in [0.05, 0.1) is 6.54 Å². The third-order valence-corrected chi connectivity index (χ3v) is 5.58. The Kier molecular flexibility index (Phi) is 6.05. The average molecular weight is 402 g/mol. The van der Waals surface area contributed by atoms with E-state index < -0.39 is 0 Å². The smallest absolute Gasteiger partial charge is 0.273 e. The van der Waals surface area contributed by atoms with Crippen LogP contribution in [0, 0.1) is 0 Å². The second-order valence-corrected chi connectivity index (χ2v) is 7.51. The SMILES string of the molecule is CCc1ccccc1NC(=O)CN1CCN(C(=O)c2nccc3ccccc23)CC1. The first-order valence-electron chi connectivity index (χ1n) is 10.4. The largest absolute Gasteiger partial charge is 0.335 e. The Balaban J connectivity index is 1.34. The predicted molar refractivity (Wildman–Crippen MR) is 119 cm³/mol. The van der Waals surface area contributed by atoms with Gasteiger partial charge in [-0.15, -0.1) is 0 Å². The Morgan fingerprint density at radius 1 is 0.967 bits per heavy atom. The summed E-state index contributed by atoms with van der Waals surface area (Å²) < 4.78 is 0. The predicted octanol–water partition coefficient (Wildman–Crippen LogP) is 3.19. The molecule has 0 aliphatic carbocycles. The highest BCUT2D eigenvalue weighted by Crippen LogP contribution is 2.19. The third kappa shape index (κ3) is 4.33. The van der Waals surface area contributed by atoms with Crippen molar-refractivity contribution in [2.75, 3.05) is 38.0 Å². The summed E-state index contributed by atoms with van der Waals surface area (Å²) in [5.41, 5.74) is 2.50. The number of nitrogens with one attached hydrogen (secondary N) is 1. The number of pyridine rings is 1. The van der Waals surface area contributed by atoms with Crippen molar-refractivity contribution in [3.8, 4) is 0 Å². The first kappa shape index (κ1) is 20.0. The number of para-hydroxylation sites is 1. The van der Waals surface area contributed by atoms with Crippen LogP contribution in [0.15, 0.2) is 60.8 Å². The van der Waals surface area contributed by atoms with Gasteiger partial charge >= 0.3 is 0 Å². The zero-order valence-corrected chi connectivity index (χ0v) is 17.2. The number of anilines is 1. The molecule has 0 unspecified atom stereocenters. The maximum atomic E-state index is 13.0. The van der Waals surface area contributed by atoms with Crippen LogP contribution in [0.5, 0.6) is 0 Å². The van der Waals surface area contributed by atoms with Gasteiger partial charge < -0.3 is 10.2 Å². The van der Waals surface area contributed by atoms with Crippen molar-refractivity contribution in [1.82, 2.24) is 14.8 Å². The first-order chi connectivity index (χ1) is 14.7. The van der Waals surface area contributed by atoms with Crippen LogP contribution in [0.4, 0.5) is 5.69 Å². The van der Waals surface area contributed by atoms with Gasteiger partial charge in [0.2, 0.25) is 5.91 Å². The zero-order valence-electron chi connectivity index (χ0n) is 17.2. The molecule has 1 N–H and O–H groups in total. The third-order valence-electron chi connectivity index (χ3n) is 5.58. The Labute approximate surface area is 176 Å². The van der Waals surface area contributed by atoms with Gasteiger partial charge in [0.15, 0.2) is 0 Å². The van der Waals surface area contributed by atoms with Crippen LogP contribution in [0.3, 0.4) is 0 Å². The maximum absolute atomic E-state index is 13.0. The van der Waals surface area contributed by atoms with E-state index in [0.717, 1.165) is 28.4 Å². The fourth-order valence-corrected chi connectivity index (χ4v) is 3.89. The lowest BCUT2D eigenvalue weighted by Crippen LogP contribution is -2.50. The highest BCUT2D eigenvalue weighted by molar-refractivity contribution is 6.05. The van der Waals surface area contributed by atoms with Gasteiger partial charge in [-0.3, -0.25) is 19.5 Å². The van der Waals surface area contributed by atoms with Gasteiger partial charge in [-0.25, -0.2) is 0 Å². The lowest BCUT2D eigenvalue weighted by Gasteiger charge is -2.34. The molecule has 3 aromatic rings. The molecule has 30 heavy (non-hydrogen) atoms. The Bertz CT molecular complexity index is 1050. The summed E-state index contributed by atoms with van der Waals surface area (Å²) in [4.78, 5) is 33.8. The Morgan fingerprint density at radius 3 is 2.50 bits per heavy atom. The van der Waals surface area contributed by atoms with E-state index >= 15 is 0 Å². The topological polar surface area (TPSA) is 65.5 Å². The summed E-state index contributed by atoms with van der Waals surface area (Å²) in [6.07, 6.45) is 2.56. The molecule has 0 spiro atoms. The van der Waals surface area contributed by atoms with Gasteiger partial charge in [0, 0.05) is 43.4 Å². The molecule has 2 amide bonds. The average Bonchev–Trinajstić information content (AvgIpc) is 2.79. The summed E-state index contributed by atoms with van der Waals surface area (Å²) in [6.45, 7) is 4.91. The van der Waals surface area contributed by atoms with Crippen LogP contribution >= 0.6 is 0 Å². The molecule has 1 aromatic heterocycles. The van der Waals surface area contributed by atoms with E-state index in [0.29, 0.717) is 38.4 Å². The molecule has 6 nitrogen and oxygen atoms in total. The second kappa shape index (κ2) is 9.05. The number of carbonyl (C=O) groups excluding carboxylic acids is 2. The highest BCUT2D eigenvalue weighted by atomic mass is 16.2. The zero-order chi connectivity index (χ0) is 20.9. The number of carbonyl (C=O) groups is 2. The number of nitrogens with zero attached hydrogens (tertiary/aromatic N) is 3. The lowest BCUT2D eigenvalue weighted by molar-refractivity contribution is -0.117. The molecule has 0 saturated carbocycles. The molecule has 0 atom stereocenters. The molecule has 2 heterocycles. The number of aromatic nitrogens is 1. The minimum absolute atomic E-state index is 0.0219. The minimum atomic E-state index is -0.0484. The summed E-state index contributed by atoms with van der Waals surface area (Å²) in [5.74, 6) is -0.0702. The fourth-order valence-electron chi connectivity index (χ4n) is 3.89. The molecule has 0 bridgehead atoms. The molecule has 1 aliphatic rings. The standard InChI is InChI=1S/C24H26N4O2/c1-2-18-7-4-6-10-21(18)26-22(29)17-27-13-15-28(16-14-27)24(30)23-20-9-5-3-8-19(20)11-12-25-23/h3-12H,2,13-17H2,1H3,(H,26,29). The second-order valence-electron chi connectivity index (χ2n) is 7.51. The van der Waals surface area contributed by atoms with E-state index in [9.17, 15) is 9.59 Å². The van der Waals surface area contributed by atoms with Gasteiger partial charge in [0.25, 0.3) is 5.91 Å². The van der Waals surface area contributed by atoms with Crippen molar-refractivity contribution in [2.45, 2.75) is 13.3 Å². The van der Waals surface area contributed by atoms with Crippen molar-refractivity contribution >= 4 is 28.3 Å². The van der Waals surface area contributed by atoms with Crippen molar-refractivity contribution in [1.29, 1.82) is 0 Å². The lowest BCUT2D eigenvalue weighted by atomic mass is 10.1. The van der Waals surface area contributed by atoms with Gasteiger partial charge in [0.1, 0.15) is 5.69 Å². The monoisotopic (exact) mass is 402 g/mol. The first-order valence-corrected chi connectivity index (χ1v) is 10.4. The van der Waals surface area contributed by atoms with E-state index in [1.807, 2.05) is 59.5 Å². The van der Waals surface area contributed by atoms with Crippen LogP contribution < -0.4 is 5.32 Å². The summed E-state index contributed by atoms with van der Waals surface area (Å²) in [6, 6.07) is 17.6. The molecule has 1 saturated heterocycles. The van der Waals surface area contributed by atoms with Gasteiger partial charge in [-0.2, -0.15) is 0 Å². The number of benzene rings is 2. The molecular formula is C24H26N4O2. The van der Waals surface area contributed by atoms with Gasteiger partial charge in [-0.1, -0.05) is 49.4 Å². The number of amides is 2. The quantitative estimate of drug-likeness (QED) is 0.712. The molecule has 2 aromatic carbocycles. The molecule has 6 heteroatoms. The maximum Gasteiger partial charge on any atom is 0.273 e. The Hall–Kier alpha value is -3.25. The fraction of sp³-hybridized carbons (Fsp3) is 0.292. The van der Waals surface area contributed by atoms with Crippen molar-refractivity contribution < 1.29 is 9.59 Å². The van der Waals surface area contributed by atoms with E-state index in [4.69, 9.17) is 0 Å². The van der Waals surface area contributed by atoms with Crippen molar-refractivity contribution in [3.63, 3.8) is 0 Å². The van der Waals surface area contributed by atoms with Crippen LogP contribution in [-0.4, -0.2) is 59.3 Å². The van der Waals surface area contributed by atoms with E-state index in [1.165, 1.54) is 0 Å². The van der Waals surface area contributed by atoms with Crippen LogP contribution in [0.25, 0.3) is 10.8 Å². The normalized spacial score (nSPS) is 14.6. The highest BCUT2D eigenvalue weighted by Gasteiger charge is 2.25. The van der Waals surface area contributed by atoms with Crippen LogP contribution in [0.1, 0.15) is 23.0 Å². The van der Waals surface area contributed by atoms with Crippen molar-refractivity contribution in [2.24, 2.45) is 0 Å². The number of rotatable bonds is 5. The molecular weight excluding hydrogens is 376 g/mol. The summed E-state index contributed by atoms with van der Waals surface area (Å²) in [5, 5.41) is 4.91. The summed E-state index contributed by atoms with van der Waals surface area (Å²) >= 11 is 0.